The molecule has 0 aliphatic carbocycles. The maximum atomic E-state index is 13.5. The summed E-state index contributed by atoms with van der Waals surface area (Å²) in [4.78, 5) is 13.0. The number of halogens is 2. The number of carbonyl (C=O) groups is 1. The summed E-state index contributed by atoms with van der Waals surface area (Å²) in [7, 11) is -3.67. The van der Waals surface area contributed by atoms with E-state index in [1.165, 1.54) is 11.0 Å². The lowest BCUT2D eigenvalue weighted by Gasteiger charge is -2.17. The Morgan fingerprint density at radius 1 is 1.30 bits per heavy atom. The van der Waals surface area contributed by atoms with E-state index in [-0.39, 0.29) is 36.7 Å². The van der Waals surface area contributed by atoms with Gasteiger partial charge >= 0.3 is 0 Å². The Balaban J connectivity index is 2.10. The van der Waals surface area contributed by atoms with Crippen LogP contribution in [0.4, 0.5) is 8.78 Å². The van der Waals surface area contributed by atoms with Crippen molar-refractivity contribution in [3.05, 3.63) is 35.4 Å². The Labute approximate surface area is 115 Å². The third-order valence-electron chi connectivity index (χ3n) is 3.17. The van der Waals surface area contributed by atoms with Gasteiger partial charge in [0.05, 0.1) is 12.3 Å². The SMILES string of the molecule is NS(=O)(=O)CC1CC(=O)N(Cc2c(F)cccc2F)C1. The summed E-state index contributed by atoms with van der Waals surface area (Å²) in [5.74, 6) is -2.54. The summed E-state index contributed by atoms with van der Waals surface area (Å²) in [5.41, 5.74) is -0.197. The Kier molecular flexibility index (Phi) is 4.05. The zero-order valence-electron chi connectivity index (χ0n) is 10.6. The van der Waals surface area contributed by atoms with Crippen LogP contribution in [0.3, 0.4) is 0 Å². The van der Waals surface area contributed by atoms with Gasteiger partial charge in [-0.1, -0.05) is 6.07 Å². The van der Waals surface area contributed by atoms with Gasteiger partial charge in [-0.25, -0.2) is 22.3 Å². The van der Waals surface area contributed by atoms with Crippen LogP contribution in [0, 0.1) is 17.6 Å². The minimum Gasteiger partial charge on any atom is -0.338 e. The Morgan fingerprint density at radius 3 is 2.45 bits per heavy atom. The molecule has 0 saturated carbocycles. The molecule has 110 valence electrons. The fourth-order valence-electron chi connectivity index (χ4n) is 2.32. The van der Waals surface area contributed by atoms with Gasteiger partial charge in [-0.2, -0.15) is 0 Å². The molecule has 1 aromatic rings. The quantitative estimate of drug-likeness (QED) is 0.884. The van der Waals surface area contributed by atoms with Gasteiger partial charge in [0, 0.05) is 24.4 Å². The standard InChI is InChI=1S/C12H14F2N2O3S/c13-10-2-1-3-11(14)9(10)6-16-5-8(4-12(16)17)7-20(15,18)19/h1-3,8H,4-7H2,(H2,15,18,19). The third-order valence-corrected chi connectivity index (χ3v) is 4.11. The summed E-state index contributed by atoms with van der Waals surface area (Å²) < 4.78 is 49.0. The largest absolute Gasteiger partial charge is 0.338 e. The van der Waals surface area contributed by atoms with Gasteiger partial charge in [0.15, 0.2) is 0 Å². The van der Waals surface area contributed by atoms with Gasteiger partial charge in [-0.05, 0) is 12.1 Å². The van der Waals surface area contributed by atoms with E-state index >= 15 is 0 Å². The predicted molar refractivity (Wildman–Crippen MR) is 67.9 cm³/mol. The summed E-state index contributed by atoms with van der Waals surface area (Å²) in [5, 5.41) is 4.93. The molecule has 1 fully saturated rings. The normalized spacial score (nSPS) is 19.6. The van der Waals surface area contributed by atoms with Gasteiger partial charge in [0.2, 0.25) is 15.9 Å². The second-order valence-corrected chi connectivity index (χ2v) is 6.53. The van der Waals surface area contributed by atoms with Gasteiger partial charge in [-0.3, -0.25) is 4.79 Å². The van der Waals surface area contributed by atoms with Gasteiger partial charge < -0.3 is 4.90 Å². The molecule has 0 spiro atoms. The fourth-order valence-corrected chi connectivity index (χ4v) is 3.20. The van der Waals surface area contributed by atoms with Crippen LogP contribution >= 0.6 is 0 Å². The van der Waals surface area contributed by atoms with Crippen molar-refractivity contribution >= 4 is 15.9 Å². The number of hydrogen-bond donors (Lipinski definition) is 1. The van der Waals surface area contributed by atoms with Gasteiger partial charge in [-0.15, -0.1) is 0 Å². The molecule has 8 heteroatoms. The Morgan fingerprint density at radius 2 is 1.90 bits per heavy atom. The van der Waals surface area contributed by atoms with E-state index in [2.05, 4.69) is 0 Å². The number of carbonyl (C=O) groups excluding carboxylic acids is 1. The lowest BCUT2D eigenvalue weighted by atomic mass is 10.1. The van der Waals surface area contributed by atoms with Crippen LogP contribution in [0.15, 0.2) is 18.2 Å². The number of benzene rings is 1. The van der Waals surface area contributed by atoms with E-state index in [1.807, 2.05) is 0 Å². The van der Waals surface area contributed by atoms with E-state index < -0.39 is 27.6 Å². The molecule has 1 unspecified atom stereocenters. The topological polar surface area (TPSA) is 80.5 Å². The Hall–Kier alpha value is -1.54. The zero-order chi connectivity index (χ0) is 14.9. The number of primary sulfonamides is 1. The number of sulfonamides is 1. The number of amides is 1. The summed E-state index contributed by atoms with van der Waals surface area (Å²) in [6, 6.07) is 3.46. The second-order valence-electron chi connectivity index (χ2n) is 4.87. The van der Waals surface area contributed by atoms with E-state index in [1.54, 1.807) is 0 Å². The molecule has 1 amide bonds. The molecule has 1 heterocycles. The predicted octanol–water partition coefficient (Wildman–Crippen LogP) is 0.602. The van der Waals surface area contributed by atoms with Crippen molar-refractivity contribution in [1.29, 1.82) is 0 Å². The van der Waals surface area contributed by atoms with Crippen LogP contribution in [0.25, 0.3) is 0 Å². The highest BCUT2D eigenvalue weighted by Gasteiger charge is 2.32. The lowest BCUT2D eigenvalue weighted by molar-refractivity contribution is -0.128. The molecule has 1 saturated heterocycles. The van der Waals surface area contributed by atoms with Crippen LogP contribution in [0.1, 0.15) is 12.0 Å². The average Bonchev–Trinajstić information content (AvgIpc) is 2.62. The minimum atomic E-state index is -3.67. The first kappa shape index (κ1) is 14.9. The molecular formula is C12H14F2N2O3S. The summed E-state index contributed by atoms with van der Waals surface area (Å²) in [6.45, 7) is -0.0818. The van der Waals surface area contributed by atoms with E-state index in [9.17, 15) is 22.0 Å². The monoisotopic (exact) mass is 304 g/mol. The second kappa shape index (κ2) is 5.45. The highest BCUT2D eigenvalue weighted by Crippen LogP contribution is 2.23. The van der Waals surface area contributed by atoms with Crippen molar-refractivity contribution in [3.63, 3.8) is 0 Å². The molecule has 0 bridgehead atoms. The molecule has 0 aromatic heterocycles. The molecule has 1 aromatic carbocycles. The van der Waals surface area contributed by atoms with Crippen molar-refractivity contribution in [2.24, 2.45) is 11.1 Å². The molecule has 1 aliphatic heterocycles. The number of nitrogens with two attached hydrogens (primary N) is 1. The lowest BCUT2D eigenvalue weighted by Crippen LogP contribution is -2.28. The average molecular weight is 304 g/mol. The molecule has 2 rings (SSSR count). The van der Waals surface area contributed by atoms with Crippen LogP contribution < -0.4 is 5.14 Å². The fraction of sp³-hybridized carbons (Fsp3) is 0.417. The van der Waals surface area contributed by atoms with E-state index in [0.29, 0.717) is 0 Å². The highest BCUT2D eigenvalue weighted by molar-refractivity contribution is 7.89. The first-order chi connectivity index (χ1) is 9.26. The molecule has 1 aliphatic rings. The molecule has 2 N–H and O–H groups in total. The van der Waals surface area contributed by atoms with Gasteiger partial charge in [0.25, 0.3) is 0 Å². The molecule has 0 radical (unpaired) electrons. The zero-order valence-corrected chi connectivity index (χ0v) is 11.4. The van der Waals surface area contributed by atoms with E-state index in [0.717, 1.165) is 12.1 Å². The minimum absolute atomic E-state index is 0.0203. The van der Waals surface area contributed by atoms with Crippen LogP contribution in [-0.4, -0.2) is 31.5 Å². The molecule has 20 heavy (non-hydrogen) atoms. The van der Waals surface area contributed by atoms with Crippen molar-refractivity contribution in [1.82, 2.24) is 4.90 Å². The smallest absolute Gasteiger partial charge is 0.223 e. The van der Waals surface area contributed by atoms with Crippen molar-refractivity contribution in [2.45, 2.75) is 13.0 Å². The molecular weight excluding hydrogens is 290 g/mol. The number of rotatable bonds is 4. The first-order valence-corrected chi connectivity index (χ1v) is 7.69. The van der Waals surface area contributed by atoms with Crippen molar-refractivity contribution in [2.75, 3.05) is 12.3 Å². The number of likely N-dealkylation sites (tertiary alicyclic amines) is 1. The maximum absolute atomic E-state index is 13.5. The van der Waals surface area contributed by atoms with Crippen molar-refractivity contribution in [3.8, 4) is 0 Å². The molecule has 5 nitrogen and oxygen atoms in total. The van der Waals surface area contributed by atoms with Gasteiger partial charge in [0.1, 0.15) is 11.6 Å². The van der Waals surface area contributed by atoms with Crippen LogP contribution in [0.2, 0.25) is 0 Å². The summed E-state index contributed by atoms with van der Waals surface area (Å²) >= 11 is 0. The van der Waals surface area contributed by atoms with Crippen LogP contribution in [-0.2, 0) is 21.4 Å². The van der Waals surface area contributed by atoms with Crippen molar-refractivity contribution < 1.29 is 22.0 Å². The summed E-state index contributed by atoms with van der Waals surface area (Å²) in [6.07, 6.45) is 0.0203. The number of hydrogen-bond acceptors (Lipinski definition) is 3. The third kappa shape index (κ3) is 3.51. The maximum Gasteiger partial charge on any atom is 0.223 e. The Bertz CT molecular complexity index is 613. The number of nitrogens with zero attached hydrogens (tertiary/aromatic N) is 1. The van der Waals surface area contributed by atoms with Crippen LogP contribution in [0.5, 0.6) is 0 Å². The first-order valence-electron chi connectivity index (χ1n) is 5.97. The van der Waals surface area contributed by atoms with E-state index in [4.69, 9.17) is 5.14 Å². The highest BCUT2D eigenvalue weighted by atomic mass is 32.2. The molecule has 1 atom stereocenters.